The molecule has 0 radical (unpaired) electrons. The van der Waals surface area contributed by atoms with Crippen molar-refractivity contribution >= 4 is 29.0 Å². The third kappa shape index (κ3) is 3.88. The SMILES string of the molecule is Cc1cc(C)cc(Nc2nc(NC3CCCCC3N)n3ccnc3c2C(N)=O)c1. The molecule has 1 aromatic carbocycles. The van der Waals surface area contributed by atoms with Crippen molar-refractivity contribution in [3.63, 3.8) is 0 Å². The Labute approximate surface area is 169 Å². The number of imidazole rings is 1. The van der Waals surface area contributed by atoms with Crippen LogP contribution in [0, 0.1) is 13.8 Å². The quantitative estimate of drug-likeness (QED) is 0.528. The van der Waals surface area contributed by atoms with Crippen molar-refractivity contribution in [1.29, 1.82) is 0 Å². The maximum Gasteiger partial charge on any atom is 0.256 e. The molecule has 8 nitrogen and oxygen atoms in total. The number of amides is 1. The number of aryl methyl sites for hydroxylation is 2. The van der Waals surface area contributed by atoms with E-state index in [9.17, 15) is 4.79 Å². The summed E-state index contributed by atoms with van der Waals surface area (Å²) in [4.78, 5) is 21.3. The van der Waals surface area contributed by atoms with Gasteiger partial charge in [0, 0.05) is 30.2 Å². The summed E-state index contributed by atoms with van der Waals surface area (Å²) < 4.78 is 1.76. The molecule has 0 saturated heterocycles. The monoisotopic (exact) mass is 393 g/mol. The number of hydrogen-bond donors (Lipinski definition) is 4. The molecular weight excluding hydrogens is 366 g/mol. The second kappa shape index (κ2) is 7.71. The number of carbonyl (C=O) groups excluding carboxylic acids is 1. The van der Waals surface area contributed by atoms with Gasteiger partial charge < -0.3 is 22.1 Å². The number of nitrogens with zero attached hydrogens (tertiary/aromatic N) is 3. The summed E-state index contributed by atoms with van der Waals surface area (Å²) in [5, 5.41) is 6.74. The van der Waals surface area contributed by atoms with Crippen molar-refractivity contribution < 1.29 is 4.79 Å². The Kier molecular flexibility index (Phi) is 5.10. The van der Waals surface area contributed by atoms with Gasteiger partial charge in [-0.1, -0.05) is 18.9 Å². The summed E-state index contributed by atoms with van der Waals surface area (Å²) in [7, 11) is 0. The third-order valence-corrected chi connectivity index (χ3v) is 5.41. The van der Waals surface area contributed by atoms with Gasteiger partial charge in [0.25, 0.3) is 5.91 Å². The lowest BCUT2D eigenvalue weighted by Crippen LogP contribution is -2.43. The van der Waals surface area contributed by atoms with Crippen LogP contribution in [0.15, 0.2) is 30.6 Å². The van der Waals surface area contributed by atoms with E-state index in [0.717, 1.165) is 42.5 Å². The van der Waals surface area contributed by atoms with E-state index < -0.39 is 5.91 Å². The van der Waals surface area contributed by atoms with Gasteiger partial charge in [0.05, 0.1) is 0 Å². The number of rotatable bonds is 5. The van der Waals surface area contributed by atoms with Gasteiger partial charge in [-0.2, -0.15) is 4.98 Å². The molecule has 3 aromatic rings. The van der Waals surface area contributed by atoms with E-state index in [1.165, 1.54) is 0 Å². The average molecular weight is 393 g/mol. The molecule has 1 saturated carbocycles. The molecule has 2 aromatic heterocycles. The lowest BCUT2D eigenvalue weighted by Gasteiger charge is -2.30. The van der Waals surface area contributed by atoms with Crippen LogP contribution < -0.4 is 22.1 Å². The van der Waals surface area contributed by atoms with Crippen molar-refractivity contribution in [3.8, 4) is 0 Å². The molecule has 0 bridgehead atoms. The molecule has 4 rings (SSSR count). The third-order valence-electron chi connectivity index (χ3n) is 5.41. The van der Waals surface area contributed by atoms with Crippen molar-refractivity contribution in [2.75, 3.05) is 10.6 Å². The molecule has 0 aliphatic heterocycles. The Balaban J connectivity index is 1.79. The summed E-state index contributed by atoms with van der Waals surface area (Å²) in [5.41, 5.74) is 15.8. The Hall–Kier alpha value is -3.13. The second-order valence-electron chi connectivity index (χ2n) is 7.84. The zero-order valence-corrected chi connectivity index (χ0v) is 16.8. The van der Waals surface area contributed by atoms with Crippen LogP contribution in [0.25, 0.3) is 5.65 Å². The standard InChI is InChI=1S/C21H27N7O/c1-12-9-13(2)11-14(10-12)25-19-17(18(23)29)20-24-7-8-28(20)21(27-19)26-16-6-4-3-5-15(16)22/h7-11,15-16,25H,3-6,22H2,1-2H3,(H2,23,29)(H,26,27). The van der Waals surface area contributed by atoms with Gasteiger partial charge in [-0.25, -0.2) is 4.98 Å². The maximum absolute atomic E-state index is 12.3. The fraction of sp³-hybridized carbons (Fsp3) is 0.381. The van der Waals surface area contributed by atoms with Crippen LogP contribution in [-0.4, -0.2) is 32.4 Å². The molecule has 8 heteroatoms. The smallest absolute Gasteiger partial charge is 0.256 e. The number of fused-ring (bicyclic) bond motifs is 1. The molecule has 29 heavy (non-hydrogen) atoms. The van der Waals surface area contributed by atoms with Crippen molar-refractivity contribution in [3.05, 3.63) is 47.3 Å². The number of nitrogens with two attached hydrogens (primary N) is 2. The van der Waals surface area contributed by atoms with Gasteiger partial charge in [-0.3, -0.25) is 9.20 Å². The predicted octanol–water partition coefficient (Wildman–Crippen LogP) is 2.87. The topological polar surface area (TPSA) is 123 Å². The lowest BCUT2D eigenvalue weighted by atomic mass is 9.91. The first kappa shape index (κ1) is 19.2. The molecule has 0 spiro atoms. The summed E-state index contributed by atoms with van der Waals surface area (Å²) in [6, 6.07) is 6.27. The van der Waals surface area contributed by atoms with Gasteiger partial charge in [-0.15, -0.1) is 0 Å². The summed E-state index contributed by atoms with van der Waals surface area (Å²) in [6.07, 6.45) is 7.65. The summed E-state index contributed by atoms with van der Waals surface area (Å²) in [5.74, 6) is 0.395. The number of aromatic nitrogens is 3. The zero-order chi connectivity index (χ0) is 20.5. The highest BCUT2D eigenvalue weighted by Gasteiger charge is 2.25. The highest BCUT2D eigenvalue weighted by Crippen LogP contribution is 2.28. The molecule has 2 heterocycles. The summed E-state index contributed by atoms with van der Waals surface area (Å²) in [6.45, 7) is 4.05. The van der Waals surface area contributed by atoms with Crippen LogP contribution in [0.4, 0.5) is 17.5 Å². The van der Waals surface area contributed by atoms with E-state index in [0.29, 0.717) is 17.4 Å². The molecule has 2 unspecified atom stereocenters. The molecule has 1 aliphatic carbocycles. The van der Waals surface area contributed by atoms with Crippen molar-refractivity contribution in [1.82, 2.24) is 14.4 Å². The van der Waals surface area contributed by atoms with E-state index in [2.05, 4.69) is 21.7 Å². The van der Waals surface area contributed by atoms with Crippen LogP contribution in [0.1, 0.15) is 47.2 Å². The number of carbonyl (C=O) groups is 1. The minimum Gasteiger partial charge on any atom is -0.365 e. The molecule has 6 N–H and O–H groups in total. The van der Waals surface area contributed by atoms with Crippen LogP contribution in [0.5, 0.6) is 0 Å². The van der Waals surface area contributed by atoms with Crippen molar-refractivity contribution in [2.24, 2.45) is 11.5 Å². The van der Waals surface area contributed by atoms with Crippen LogP contribution in [0.3, 0.4) is 0 Å². The number of primary amides is 1. The minimum absolute atomic E-state index is 0.0655. The number of benzene rings is 1. The maximum atomic E-state index is 12.3. The van der Waals surface area contributed by atoms with Gasteiger partial charge >= 0.3 is 0 Å². The Morgan fingerprint density at radius 2 is 1.90 bits per heavy atom. The van der Waals surface area contributed by atoms with E-state index in [1.54, 1.807) is 16.8 Å². The highest BCUT2D eigenvalue weighted by atomic mass is 16.1. The van der Waals surface area contributed by atoms with E-state index in [4.69, 9.17) is 16.5 Å². The van der Waals surface area contributed by atoms with Crippen LogP contribution in [-0.2, 0) is 0 Å². The van der Waals surface area contributed by atoms with Crippen LogP contribution >= 0.6 is 0 Å². The van der Waals surface area contributed by atoms with Gasteiger partial charge in [-0.05, 0) is 49.9 Å². The average Bonchev–Trinajstić information content (AvgIpc) is 3.12. The number of anilines is 3. The van der Waals surface area contributed by atoms with E-state index in [1.807, 2.05) is 26.0 Å². The number of nitrogens with one attached hydrogen (secondary N) is 2. The highest BCUT2D eigenvalue weighted by molar-refractivity contribution is 6.04. The fourth-order valence-electron chi connectivity index (χ4n) is 4.09. The zero-order valence-electron chi connectivity index (χ0n) is 16.8. The predicted molar refractivity (Wildman–Crippen MR) is 115 cm³/mol. The lowest BCUT2D eigenvalue weighted by molar-refractivity contribution is 0.100. The summed E-state index contributed by atoms with van der Waals surface area (Å²) >= 11 is 0. The largest absolute Gasteiger partial charge is 0.365 e. The van der Waals surface area contributed by atoms with E-state index >= 15 is 0 Å². The molecule has 2 atom stereocenters. The minimum atomic E-state index is -0.582. The second-order valence-corrected chi connectivity index (χ2v) is 7.84. The molecule has 1 aliphatic rings. The van der Waals surface area contributed by atoms with E-state index in [-0.39, 0.29) is 17.6 Å². The van der Waals surface area contributed by atoms with Crippen molar-refractivity contribution in [2.45, 2.75) is 51.6 Å². The Bertz CT molecular complexity index is 1040. The first-order chi connectivity index (χ1) is 13.9. The van der Waals surface area contributed by atoms with Crippen LogP contribution in [0.2, 0.25) is 0 Å². The fourth-order valence-corrected chi connectivity index (χ4v) is 4.09. The molecule has 1 amide bonds. The Morgan fingerprint density at radius 1 is 1.17 bits per heavy atom. The first-order valence-electron chi connectivity index (χ1n) is 9.96. The van der Waals surface area contributed by atoms with Gasteiger partial charge in [0.15, 0.2) is 11.5 Å². The number of hydrogen-bond acceptors (Lipinski definition) is 6. The first-order valence-corrected chi connectivity index (χ1v) is 9.96. The van der Waals surface area contributed by atoms with Gasteiger partial charge in [0.1, 0.15) is 5.56 Å². The normalized spacial score (nSPS) is 19.3. The Morgan fingerprint density at radius 3 is 2.59 bits per heavy atom. The molecule has 152 valence electrons. The molecule has 1 fully saturated rings. The molecular formula is C21H27N7O. The van der Waals surface area contributed by atoms with Gasteiger partial charge in [0.2, 0.25) is 5.95 Å².